The summed E-state index contributed by atoms with van der Waals surface area (Å²) in [6.07, 6.45) is 2.71. The zero-order chi connectivity index (χ0) is 14.8. The van der Waals surface area contributed by atoms with E-state index in [9.17, 15) is 0 Å². The van der Waals surface area contributed by atoms with E-state index >= 15 is 0 Å². The highest BCUT2D eigenvalue weighted by atomic mass is 16.5. The molecule has 0 aliphatic carbocycles. The molecule has 0 spiro atoms. The molecule has 1 aromatic carbocycles. The van der Waals surface area contributed by atoms with Gasteiger partial charge < -0.3 is 9.47 Å². The summed E-state index contributed by atoms with van der Waals surface area (Å²) >= 11 is 0. The van der Waals surface area contributed by atoms with E-state index in [4.69, 9.17) is 9.47 Å². The molecule has 0 saturated carbocycles. The van der Waals surface area contributed by atoms with Crippen molar-refractivity contribution in [2.45, 2.75) is 38.4 Å². The lowest BCUT2D eigenvalue weighted by Crippen LogP contribution is -2.54. The molecule has 2 aliphatic heterocycles. The van der Waals surface area contributed by atoms with Crippen LogP contribution < -0.4 is 9.47 Å². The summed E-state index contributed by atoms with van der Waals surface area (Å²) in [6.45, 7) is 6.96. The van der Waals surface area contributed by atoms with Crippen LogP contribution in [0.5, 0.6) is 11.5 Å². The molecule has 21 heavy (non-hydrogen) atoms. The van der Waals surface area contributed by atoms with Gasteiger partial charge in [-0.25, -0.2) is 0 Å². The summed E-state index contributed by atoms with van der Waals surface area (Å²) in [5, 5.41) is 0. The third-order valence-corrected chi connectivity index (χ3v) is 4.93. The van der Waals surface area contributed by atoms with Gasteiger partial charge in [0.05, 0.1) is 14.2 Å². The molecule has 0 radical (unpaired) electrons. The maximum atomic E-state index is 5.53. The van der Waals surface area contributed by atoms with Crippen molar-refractivity contribution in [1.82, 2.24) is 9.80 Å². The third kappa shape index (κ3) is 3.01. The van der Waals surface area contributed by atoms with Gasteiger partial charge in [-0.05, 0) is 32.4 Å². The minimum absolute atomic E-state index is 0.603. The van der Waals surface area contributed by atoms with Crippen LogP contribution in [0.1, 0.15) is 25.3 Å². The van der Waals surface area contributed by atoms with Gasteiger partial charge in [-0.1, -0.05) is 6.07 Å². The SMILES string of the molecule is COc1ccc(CN2C[C@@H]3CCCN3C[C@H]2C)c(OC)c1. The number of fused-ring (bicyclic) bond motifs is 1. The Labute approximate surface area is 127 Å². The van der Waals surface area contributed by atoms with Crippen LogP contribution in [-0.4, -0.2) is 55.7 Å². The fourth-order valence-electron chi connectivity index (χ4n) is 3.67. The van der Waals surface area contributed by atoms with Crippen LogP contribution in [0.2, 0.25) is 0 Å². The zero-order valence-electron chi connectivity index (χ0n) is 13.3. The molecule has 0 N–H and O–H groups in total. The minimum atomic E-state index is 0.603. The highest BCUT2D eigenvalue weighted by molar-refractivity contribution is 5.40. The largest absolute Gasteiger partial charge is 0.497 e. The lowest BCUT2D eigenvalue weighted by molar-refractivity contribution is 0.0535. The first kappa shape index (κ1) is 14.7. The topological polar surface area (TPSA) is 24.9 Å². The van der Waals surface area contributed by atoms with Crippen LogP contribution in [-0.2, 0) is 6.54 Å². The van der Waals surface area contributed by atoms with Crippen molar-refractivity contribution in [3.8, 4) is 11.5 Å². The maximum Gasteiger partial charge on any atom is 0.127 e. The smallest absolute Gasteiger partial charge is 0.127 e. The second-order valence-corrected chi connectivity index (χ2v) is 6.25. The summed E-state index contributed by atoms with van der Waals surface area (Å²) in [6, 6.07) is 7.49. The molecular formula is C17H26N2O2. The van der Waals surface area contributed by atoms with Crippen molar-refractivity contribution in [3.05, 3.63) is 23.8 Å². The van der Waals surface area contributed by atoms with Crippen molar-refractivity contribution in [2.24, 2.45) is 0 Å². The molecule has 116 valence electrons. The number of rotatable bonds is 4. The van der Waals surface area contributed by atoms with E-state index in [1.165, 1.54) is 38.0 Å². The number of piperazine rings is 1. The highest BCUT2D eigenvalue weighted by Crippen LogP contribution is 2.29. The molecule has 0 unspecified atom stereocenters. The summed E-state index contributed by atoms with van der Waals surface area (Å²) in [5.41, 5.74) is 1.25. The van der Waals surface area contributed by atoms with Gasteiger partial charge in [0, 0.05) is 43.3 Å². The number of hydrogen-bond donors (Lipinski definition) is 0. The predicted molar refractivity (Wildman–Crippen MR) is 84.0 cm³/mol. The molecule has 2 aliphatic rings. The summed E-state index contributed by atoms with van der Waals surface area (Å²) in [7, 11) is 3.42. The van der Waals surface area contributed by atoms with Gasteiger partial charge in [0.2, 0.25) is 0 Å². The molecule has 0 aromatic heterocycles. The van der Waals surface area contributed by atoms with Crippen molar-refractivity contribution < 1.29 is 9.47 Å². The molecule has 3 rings (SSSR count). The lowest BCUT2D eigenvalue weighted by Gasteiger charge is -2.42. The number of nitrogens with zero attached hydrogens (tertiary/aromatic N) is 2. The summed E-state index contributed by atoms with van der Waals surface area (Å²) in [4.78, 5) is 5.25. The van der Waals surface area contributed by atoms with Crippen molar-refractivity contribution in [2.75, 3.05) is 33.9 Å². The molecule has 2 saturated heterocycles. The number of hydrogen-bond acceptors (Lipinski definition) is 4. The first-order valence-corrected chi connectivity index (χ1v) is 7.90. The van der Waals surface area contributed by atoms with Crippen LogP contribution in [0.3, 0.4) is 0 Å². The number of methoxy groups -OCH3 is 2. The van der Waals surface area contributed by atoms with Gasteiger partial charge in [-0.15, -0.1) is 0 Å². The van der Waals surface area contributed by atoms with Crippen molar-refractivity contribution in [3.63, 3.8) is 0 Å². The fourth-order valence-corrected chi connectivity index (χ4v) is 3.67. The number of ether oxygens (including phenoxy) is 2. The van der Waals surface area contributed by atoms with Gasteiger partial charge in [0.15, 0.2) is 0 Å². The Morgan fingerprint density at radius 3 is 2.81 bits per heavy atom. The van der Waals surface area contributed by atoms with E-state index in [0.29, 0.717) is 6.04 Å². The molecule has 4 nitrogen and oxygen atoms in total. The molecule has 0 amide bonds. The fraction of sp³-hybridized carbons (Fsp3) is 0.647. The highest BCUT2D eigenvalue weighted by Gasteiger charge is 2.34. The van der Waals surface area contributed by atoms with E-state index < -0.39 is 0 Å². The van der Waals surface area contributed by atoms with Crippen molar-refractivity contribution in [1.29, 1.82) is 0 Å². The van der Waals surface area contributed by atoms with E-state index in [1.54, 1.807) is 14.2 Å². The Bertz CT molecular complexity index is 492. The van der Waals surface area contributed by atoms with E-state index in [1.807, 2.05) is 12.1 Å². The quantitative estimate of drug-likeness (QED) is 0.850. The minimum Gasteiger partial charge on any atom is -0.497 e. The molecule has 1 aromatic rings. The Kier molecular flexibility index (Phi) is 4.36. The molecule has 2 atom stereocenters. The third-order valence-electron chi connectivity index (χ3n) is 4.93. The van der Waals surface area contributed by atoms with Gasteiger partial charge in [0.25, 0.3) is 0 Å². The normalized spacial score (nSPS) is 26.6. The predicted octanol–water partition coefficient (Wildman–Crippen LogP) is 2.37. The monoisotopic (exact) mass is 290 g/mol. The van der Waals surface area contributed by atoms with E-state index in [2.05, 4.69) is 22.8 Å². The molecule has 0 bridgehead atoms. The van der Waals surface area contributed by atoms with Crippen LogP contribution >= 0.6 is 0 Å². The number of benzene rings is 1. The van der Waals surface area contributed by atoms with Crippen LogP contribution in [0.4, 0.5) is 0 Å². The maximum absolute atomic E-state index is 5.53. The summed E-state index contributed by atoms with van der Waals surface area (Å²) < 4.78 is 10.8. The lowest BCUT2D eigenvalue weighted by atomic mass is 10.1. The Balaban J connectivity index is 1.73. The van der Waals surface area contributed by atoms with E-state index in [-0.39, 0.29) is 0 Å². The van der Waals surface area contributed by atoms with E-state index in [0.717, 1.165) is 24.1 Å². The average Bonchev–Trinajstić information content (AvgIpc) is 2.95. The first-order valence-electron chi connectivity index (χ1n) is 7.90. The average molecular weight is 290 g/mol. The Morgan fingerprint density at radius 2 is 2.05 bits per heavy atom. The summed E-state index contributed by atoms with van der Waals surface area (Å²) in [5.74, 6) is 1.78. The second-order valence-electron chi connectivity index (χ2n) is 6.25. The first-order chi connectivity index (χ1) is 10.2. The zero-order valence-corrected chi connectivity index (χ0v) is 13.3. The Hall–Kier alpha value is -1.26. The molecule has 2 heterocycles. The van der Waals surface area contributed by atoms with Gasteiger partial charge in [-0.2, -0.15) is 0 Å². The van der Waals surface area contributed by atoms with Crippen molar-refractivity contribution >= 4 is 0 Å². The molecule has 4 heteroatoms. The van der Waals surface area contributed by atoms with Gasteiger partial charge in [0.1, 0.15) is 11.5 Å². The second kappa shape index (κ2) is 6.24. The molecular weight excluding hydrogens is 264 g/mol. The van der Waals surface area contributed by atoms with Crippen LogP contribution in [0.15, 0.2) is 18.2 Å². The van der Waals surface area contributed by atoms with Gasteiger partial charge >= 0.3 is 0 Å². The Morgan fingerprint density at radius 1 is 1.19 bits per heavy atom. The standard InChI is InChI=1S/C17H26N2O2/c1-13-10-18-8-4-5-15(18)12-19(13)11-14-6-7-16(20-2)9-17(14)21-3/h6-7,9,13,15H,4-5,8,10-12H2,1-3H3/t13-,15+/m1/s1. The molecule has 2 fully saturated rings. The van der Waals surface area contributed by atoms with Crippen LogP contribution in [0, 0.1) is 0 Å². The van der Waals surface area contributed by atoms with Gasteiger partial charge in [-0.3, -0.25) is 9.80 Å². The van der Waals surface area contributed by atoms with Crippen LogP contribution in [0.25, 0.3) is 0 Å².